The number of benzene rings is 2. The lowest BCUT2D eigenvalue weighted by atomic mass is 9.90. The van der Waals surface area contributed by atoms with Gasteiger partial charge in [-0.2, -0.15) is 5.10 Å². The zero-order valence-electron chi connectivity index (χ0n) is 25.3. The fourth-order valence-electron chi connectivity index (χ4n) is 5.45. The minimum atomic E-state index is -3.72. The number of methoxy groups -OCH3 is 1. The summed E-state index contributed by atoms with van der Waals surface area (Å²) in [6.45, 7) is 6.16. The Morgan fingerprint density at radius 1 is 1.16 bits per heavy atom. The second-order valence-corrected chi connectivity index (χ2v) is 14.7. The molecule has 5 rings (SSSR count). The fraction of sp³-hybridized carbons (Fsp3) is 0.500. The molecule has 0 radical (unpaired) electrons. The number of nitrogens with zero attached hydrogens (tertiary/aromatic N) is 4. The van der Waals surface area contributed by atoms with Gasteiger partial charge in [0.05, 0.1) is 36.2 Å². The number of aromatic nitrogens is 2. The first-order valence-corrected chi connectivity index (χ1v) is 16.4. The van der Waals surface area contributed by atoms with E-state index in [9.17, 15) is 18.0 Å². The first-order valence-electron chi connectivity index (χ1n) is 14.2. The molecule has 0 bridgehead atoms. The normalized spacial score (nSPS) is 16.6. The van der Waals surface area contributed by atoms with Gasteiger partial charge >= 0.3 is 6.09 Å². The van der Waals surface area contributed by atoms with Gasteiger partial charge in [0.15, 0.2) is 0 Å². The minimum Gasteiger partial charge on any atom is -0.444 e. The van der Waals surface area contributed by atoms with Crippen LogP contribution in [0.25, 0.3) is 16.6 Å². The van der Waals surface area contributed by atoms with Crippen LogP contribution in [0, 0.1) is 0 Å². The number of nitrogens with one attached hydrogen (secondary N) is 1. The average molecular weight is 632 g/mol. The van der Waals surface area contributed by atoms with E-state index in [-0.39, 0.29) is 18.4 Å². The van der Waals surface area contributed by atoms with Crippen LogP contribution < -0.4 is 9.62 Å². The van der Waals surface area contributed by atoms with Crippen LogP contribution in [0.4, 0.5) is 10.5 Å². The molecule has 2 fully saturated rings. The second kappa shape index (κ2) is 11.3. The SMILES string of the molecule is CNC(=O)c1c2cc(C3CC3)c(N(CCC3(OC)CN(C(=O)OC(C)(C)C)C3)S(C)(=O)=O)cc2nn1-c1ccc(Cl)cc1. The maximum Gasteiger partial charge on any atom is 0.410 e. The van der Waals surface area contributed by atoms with Crippen molar-refractivity contribution >= 4 is 50.2 Å². The number of hydrogen-bond donors (Lipinski definition) is 1. The van der Waals surface area contributed by atoms with Gasteiger partial charge in [0.2, 0.25) is 10.0 Å². The number of ether oxygens (including phenoxy) is 2. The van der Waals surface area contributed by atoms with Gasteiger partial charge in [0, 0.05) is 31.1 Å². The Kier molecular flexibility index (Phi) is 8.16. The Morgan fingerprint density at radius 2 is 1.81 bits per heavy atom. The minimum absolute atomic E-state index is 0.139. The highest BCUT2D eigenvalue weighted by Crippen LogP contribution is 2.47. The number of amides is 2. The van der Waals surface area contributed by atoms with Crippen molar-refractivity contribution in [3.05, 3.63) is 52.7 Å². The van der Waals surface area contributed by atoms with E-state index in [1.54, 1.807) is 54.1 Å². The maximum absolute atomic E-state index is 13.3. The van der Waals surface area contributed by atoms with Gasteiger partial charge in [-0.3, -0.25) is 9.10 Å². The number of carbonyl (C=O) groups is 2. The summed E-state index contributed by atoms with van der Waals surface area (Å²) in [6.07, 6.45) is 2.96. The lowest BCUT2D eigenvalue weighted by molar-refractivity contribution is -0.123. The highest BCUT2D eigenvalue weighted by atomic mass is 35.5. The molecule has 1 aliphatic heterocycles. The number of likely N-dealkylation sites (tertiary alicyclic amines) is 1. The summed E-state index contributed by atoms with van der Waals surface area (Å²) in [5.74, 6) is -0.142. The molecule has 232 valence electrons. The van der Waals surface area contributed by atoms with Gasteiger partial charge in [0.1, 0.15) is 16.9 Å². The van der Waals surface area contributed by atoms with Gasteiger partial charge in [-0.15, -0.1) is 0 Å². The van der Waals surface area contributed by atoms with Gasteiger partial charge in [0.25, 0.3) is 5.91 Å². The Morgan fingerprint density at radius 3 is 2.35 bits per heavy atom. The lowest BCUT2D eigenvalue weighted by Crippen LogP contribution is -2.65. The summed E-state index contributed by atoms with van der Waals surface area (Å²) in [5.41, 5.74) is 1.57. The molecule has 2 aliphatic rings. The molecule has 1 saturated carbocycles. The predicted molar refractivity (Wildman–Crippen MR) is 166 cm³/mol. The van der Waals surface area contributed by atoms with E-state index >= 15 is 0 Å². The van der Waals surface area contributed by atoms with Crippen LogP contribution in [0.1, 0.15) is 62.0 Å². The lowest BCUT2D eigenvalue weighted by Gasteiger charge is -2.49. The Bertz CT molecular complexity index is 1650. The number of anilines is 1. The van der Waals surface area contributed by atoms with Crippen LogP contribution >= 0.6 is 11.6 Å². The summed E-state index contributed by atoms with van der Waals surface area (Å²) in [7, 11) is -0.588. The number of sulfonamides is 1. The largest absolute Gasteiger partial charge is 0.444 e. The maximum atomic E-state index is 13.3. The number of carbonyl (C=O) groups excluding carboxylic acids is 2. The molecule has 43 heavy (non-hydrogen) atoms. The predicted octanol–water partition coefficient (Wildman–Crippen LogP) is 4.71. The van der Waals surface area contributed by atoms with E-state index in [0.29, 0.717) is 52.5 Å². The molecular formula is C30H38ClN5O6S. The summed E-state index contributed by atoms with van der Waals surface area (Å²) >= 11 is 6.10. The van der Waals surface area contributed by atoms with E-state index in [1.165, 1.54) is 10.6 Å². The highest BCUT2D eigenvalue weighted by Gasteiger charge is 2.47. The molecule has 2 aromatic carbocycles. The third kappa shape index (κ3) is 6.46. The van der Waals surface area contributed by atoms with Crippen LogP contribution in [-0.4, -0.2) is 86.3 Å². The van der Waals surface area contributed by atoms with Crippen molar-refractivity contribution in [3.63, 3.8) is 0 Å². The molecular weight excluding hydrogens is 594 g/mol. The smallest absolute Gasteiger partial charge is 0.410 e. The van der Waals surface area contributed by atoms with Gasteiger partial charge < -0.3 is 19.7 Å². The van der Waals surface area contributed by atoms with Crippen LogP contribution in [-0.2, 0) is 19.5 Å². The first kappa shape index (κ1) is 31.1. The topological polar surface area (TPSA) is 123 Å². The number of hydrogen-bond acceptors (Lipinski definition) is 7. The summed E-state index contributed by atoms with van der Waals surface area (Å²) in [5, 5.41) is 8.64. The molecule has 2 heterocycles. The molecule has 0 spiro atoms. The number of halogens is 1. The molecule has 0 unspecified atom stereocenters. The molecule has 1 N–H and O–H groups in total. The van der Waals surface area contributed by atoms with Gasteiger partial charge in [-0.05, 0) is 87.9 Å². The Labute approximate surface area is 257 Å². The van der Waals surface area contributed by atoms with Crippen LogP contribution in [0.3, 0.4) is 0 Å². The van der Waals surface area contributed by atoms with Gasteiger partial charge in [-0.1, -0.05) is 11.6 Å². The van der Waals surface area contributed by atoms with Crippen molar-refractivity contribution in [3.8, 4) is 5.69 Å². The summed E-state index contributed by atoms with van der Waals surface area (Å²) in [4.78, 5) is 27.2. The van der Waals surface area contributed by atoms with Crippen molar-refractivity contribution < 1.29 is 27.5 Å². The summed E-state index contributed by atoms with van der Waals surface area (Å²) in [6, 6.07) is 10.7. The van der Waals surface area contributed by atoms with E-state index in [1.807, 2.05) is 26.8 Å². The number of rotatable bonds is 9. The van der Waals surface area contributed by atoms with E-state index < -0.39 is 27.3 Å². The van der Waals surface area contributed by atoms with E-state index in [4.69, 9.17) is 26.2 Å². The van der Waals surface area contributed by atoms with Crippen molar-refractivity contribution in [2.45, 2.75) is 57.2 Å². The fourth-order valence-corrected chi connectivity index (χ4v) is 6.51. The molecule has 0 atom stereocenters. The molecule has 1 saturated heterocycles. The standard InChI is InChI=1S/C30H38ClN5O6S/c1-29(2,3)42-28(38)34-17-30(18-34,41-5)13-14-35(43(6,39)40)25-16-24-23(15-22(25)19-7-8-19)26(27(37)32-4)36(33-24)21-11-9-20(31)10-12-21/h9-12,15-16,19H,7-8,13-14,17-18H2,1-6H3,(H,32,37). The third-order valence-corrected chi connectivity index (χ3v) is 9.26. The van der Waals surface area contributed by atoms with Crippen molar-refractivity contribution in [1.82, 2.24) is 20.0 Å². The molecule has 2 amide bonds. The van der Waals surface area contributed by atoms with Crippen molar-refractivity contribution in [2.75, 3.05) is 44.4 Å². The monoisotopic (exact) mass is 631 g/mol. The van der Waals surface area contributed by atoms with Crippen molar-refractivity contribution in [1.29, 1.82) is 0 Å². The second-order valence-electron chi connectivity index (χ2n) is 12.3. The highest BCUT2D eigenvalue weighted by molar-refractivity contribution is 7.92. The molecule has 3 aromatic rings. The molecule has 1 aromatic heterocycles. The van der Waals surface area contributed by atoms with Crippen LogP contribution in [0.15, 0.2) is 36.4 Å². The zero-order valence-corrected chi connectivity index (χ0v) is 26.9. The van der Waals surface area contributed by atoms with E-state index in [0.717, 1.165) is 18.4 Å². The molecule has 1 aliphatic carbocycles. The number of fused-ring (bicyclic) bond motifs is 1. The van der Waals surface area contributed by atoms with Crippen LogP contribution in [0.5, 0.6) is 0 Å². The van der Waals surface area contributed by atoms with Crippen molar-refractivity contribution in [2.24, 2.45) is 0 Å². The van der Waals surface area contributed by atoms with Crippen LogP contribution in [0.2, 0.25) is 5.02 Å². The first-order chi connectivity index (χ1) is 20.1. The van der Waals surface area contributed by atoms with Gasteiger partial charge in [-0.25, -0.2) is 17.9 Å². The van der Waals surface area contributed by atoms with E-state index in [2.05, 4.69) is 5.32 Å². The quantitative estimate of drug-likeness (QED) is 0.363. The third-order valence-electron chi connectivity index (χ3n) is 7.83. The Balaban J connectivity index is 1.51. The average Bonchev–Trinajstić information content (AvgIpc) is 3.68. The summed E-state index contributed by atoms with van der Waals surface area (Å²) < 4.78 is 40.8. The molecule has 11 nitrogen and oxygen atoms in total. The molecule has 13 heteroatoms. The zero-order chi connectivity index (χ0) is 31.3. The Hall–Kier alpha value is -3.35.